The first kappa shape index (κ1) is 16.8. The molecule has 1 aromatic carbocycles. The van der Waals surface area contributed by atoms with Crippen LogP contribution >= 0.6 is 24.0 Å². The number of benzene rings is 1. The highest BCUT2D eigenvalue weighted by molar-refractivity contribution is 14.0. The van der Waals surface area contributed by atoms with Gasteiger partial charge in [-0.3, -0.25) is 0 Å². The molecule has 0 amide bonds. The average molecular weight is 382 g/mol. The predicted octanol–water partition coefficient (Wildman–Crippen LogP) is 4.16. The molecule has 0 N–H and O–H groups in total. The number of halogens is 1. The molecular formula is C17H23IN2. The molecule has 1 aromatic rings. The number of nitrogens with zero attached hydrogens (tertiary/aromatic N) is 2. The Labute approximate surface area is 139 Å². The molecule has 1 aliphatic heterocycles. The fraction of sp³-hybridized carbons (Fsp3) is 0.294. The summed E-state index contributed by atoms with van der Waals surface area (Å²) >= 11 is 0. The van der Waals surface area contributed by atoms with E-state index in [2.05, 4.69) is 91.7 Å². The largest absolute Gasteiger partial charge is 0.378 e. The zero-order valence-corrected chi connectivity index (χ0v) is 14.7. The van der Waals surface area contributed by atoms with Crippen molar-refractivity contribution in [3.8, 4) is 0 Å². The van der Waals surface area contributed by atoms with Crippen LogP contribution in [0.4, 0.5) is 5.69 Å². The Hall–Kier alpha value is -1.23. The Balaban J connectivity index is 0.00000200. The van der Waals surface area contributed by atoms with Crippen LogP contribution in [0.2, 0.25) is 0 Å². The third-order valence-corrected chi connectivity index (χ3v) is 3.34. The highest BCUT2D eigenvalue weighted by Gasteiger charge is 2.08. The van der Waals surface area contributed by atoms with E-state index in [-0.39, 0.29) is 24.0 Å². The Morgan fingerprint density at radius 3 is 2.45 bits per heavy atom. The van der Waals surface area contributed by atoms with Gasteiger partial charge in [-0.2, -0.15) is 0 Å². The van der Waals surface area contributed by atoms with Crippen LogP contribution in [-0.2, 0) is 0 Å². The lowest BCUT2D eigenvalue weighted by Crippen LogP contribution is -2.28. The van der Waals surface area contributed by atoms with Crippen LogP contribution in [0.25, 0.3) is 6.08 Å². The van der Waals surface area contributed by atoms with Gasteiger partial charge in [0.1, 0.15) is 0 Å². The molecular weight excluding hydrogens is 359 g/mol. The maximum absolute atomic E-state index is 2.31. The van der Waals surface area contributed by atoms with Gasteiger partial charge in [-0.1, -0.05) is 36.4 Å². The number of hydrogen-bond donors (Lipinski definition) is 0. The van der Waals surface area contributed by atoms with E-state index in [0.717, 1.165) is 6.54 Å². The summed E-state index contributed by atoms with van der Waals surface area (Å²) in [7, 11) is 4.12. The first-order chi connectivity index (χ1) is 9.20. The number of anilines is 1. The Kier molecular flexibility index (Phi) is 6.85. The standard InChI is InChI=1S/C17H22N2.HI/c1-4-19-14-6-5-7-17(19)13-10-15-8-11-16(12-9-15)18(2)3;/h5-14,17H,4H2,1-3H3;1H. The van der Waals surface area contributed by atoms with Crippen molar-refractivity contribution in [1.82, 2.24) is 4.90 Å². The van der Waals surface area contributed by atoms with Gasteiger partial charge in [0.15, 0.2) is 0 Å². The molecule has 0 fully saturated rings. The lowest BCUT2D eigenvalue weighted by Gasteiger charge is -2.26. The van der Waals surface area contributed by atoms with Crippen LogP contribution in [0.15, 0.2) is 54.8 Å². The van der Waals surface area contributed by atoms with Gasteiger partial charge in [-0.05, 0) is 36.9 Å². The molecule has 3 heteroatoms. The van der Waals surface area contributed by atoms with Crippen molar-refractivity contribution in [3.63, 3.8) is 0 Å². The highest BCUT2D eigenvalue weighted by Crippen LogP contribution is 2.15. The number of likely N-dealkylation sites (N-methyl/N-ethyl adjacent to an activating group) is 1. The zero-order chi connectivity index (χ0) is 13.7. The molecule has 0 saturated carbocycles. The van der Waals surface area contributed by atoms with Crippen LogP contribution in [0.5, 0.6) is 0 Å². The van der Waals surface area contributed by atoms with Crippen molar-refractivity contribution in [2.75, 3.05) is 25.5 Å². The summed E-state index contributed by atoms with van der Waals surface area (Å²) in [5.41, 5.74) is 2.47. The molecule has 1 unspecified atom stereocenters. The van der Waals surface area contributed by atoms with E-state index < -0.39 is 0 Å². The van der Waals surface area contributed by atoms with E-state index in [4.69, 9.17) is 0 Å². The Morgan fingerprint density at radius 2 is 1.85 bits per heavy atom. The van der Waals surface area contributed by atoms with Gasteiger partial charge in [-0.25, -0.2) is 0 Å². The molecule has 2 nitrogen and oxygen atoms in total. The second-order valence-corrected chi connectivity index (χ2v) is 4.89. The van der Waals surface area contributed by atoms with Crippen LogP contribution < -0.4 is 4.90 Å². The minimum Gasteiger partial charge on any atom is -0.378 e. The van der Waals surface area contributed by atoms with E-state index in [1.165, 1.54) is 11.3 Å². The molecule has 0 radical (unpaired) electrons. The second-order valence-electron chi connectivity index (χ2n) is 4.89. The van der Waals surface area contributed by atoms with Crippen LogP contribution in [0, 0.1) is 0 Å². The van der Waals surface area contributed by atoms with Gasteiger partial charge >= 0.3 is 0 Å². The van der Waals surface area contributed by atoms with Crippen molar-refractivity contribution >= 4 is 35.7 Å². The van der Waals surface area contributed by atoms with E-state index in [1.54, 1.807) is 0 Å². The summed E-state index contributed by atoms with van der Waals surface area (Å²) in [6, 6.07) is 8.97. The molecule has 0 bridgehead atoms. The second kappa shape index (κ2) is 8.15. The molecule has 1 atom stereocenters. The third-order valence-electron chi connectivity index (χ3n) is 3.34. The maximum Gasteiger partial charge on any atom is 0.0657 e. The van der Waals surface area contributed by atoms with Crippen molar-refractivity contribution in [2.24, 2.45) is 0 Å². The van der Waals surface area contributed by atoms with Crippen LogP contribution in [-0.4, -0.2) is 31.6 Å². The van der Waals surface area contributed by atoms with Gasteiger partial charge in [0.25, 0.3) is 0 Å². The van der Waals surface area contributed by atoms with E-state index in [9.17, 15) is 0 Å². The predicted molar refractivity (Wildman–Crippen MR) is 99.7 cm³/mol. The highest BCUT2D eigenvalue weighted by atomic mass is 127. The van der Waals surface area contributed by atoms with Crippen LogP contribution in [0.1, 0.15) is 12.5 Å². The van der Waals surface area contributed by atoms with Gasteiger partial charge in [0, 0.05) is 26.3 Å². The van der Waals surface area contributed by atoms with Crippen molar-refractivity contribution in [1.29, 1.82) is 0 Å². The topological polar surface area (TPSA) is 6.48 Å². The minimum absolute atomic E-state index is 0. The minimum atomic E-state index is 0. The van der Waals surface area contributed by atoms with Gasteiger partial charge in [0.2, 0.25) is 0 Å². The number of allylic oxidation sites excluding steroid dienone is 2. The smallest absolute Gasteiger partial charge is 0.0657 e. The summed E-state index contributed by atoms with van der Waals surface area (Å²) in [4.78, 5) is 4.42. The van der Waals surface area contributed by atoms with E-state index in [1.807, 2.05) is 0 Å². The van der Waals surface area contributed by atoms with Gasteiger partial charge in [0.05, 0.1) is 6.04 Å². The Morgan fingerprint density at radius 1 is 1.15 bits per heavy atom. The summed E-state index contributed by atoms with van der Waals surface area (Å²) in [5.74, 6) is 0. The third kappa shape index (κ3) is 4.40. The SMILES string of the molecule is CCN1C=CC=CC1C=Cc1ccc(N(C)C)cc1.I. The quantitative estimate of drug-likeness (QED) is 0.722. The zero-order valence-electron chi connectivity index (χ0n) is 12.4. The molecule has 0 aromatic heterocycles. The summed E-state index contributed by atoms with van der Waals surface area (Å²) in [6.45, 7) is 3.20. The van der Waals surface area contributed by atoms with Crippen molar-refractivity contribution in [3.05, 3.63) is 60.3 Å². The lowest BCUT2D eigenvalue weighted by molar-refractivity contribution is 0.376. The molecule has 0 saturated heterocycles. The molecule has 20 heavy (non-hydrogen) atoms. The first-order valence-corrected chi connectivity index (χ1v) is 6.77. The maximum atomic E-state index is 2.31. The molecule has 1 heterocycles. The van der Waals surface area contributed by atoms with Gasteiger partial charge < -0.3 is 9.80 Å². The fourth-order valence-corrected chi connectivity index (χ4v) is 2.13. The van der Waals surface area contributed by atoms with Crippen molar-refractivity contribution in [2.45, 2.75) is 13.0 Å². The number of rotatable bonds is 4. The monoisotopic (exact) mass is 382 g/mol. The van der Waals surface area contributed by atoms with Crippen molar-refractivity contribution < 1.29 is 0 Å². The van der Waals surface area contributed by atoms with Gasteiger partial charge in [-0.15, -0.1) is 24.0 Å². The van der Waals surface area contributed by atoms with Crippen LogP contribution in [0.3, 0.4) is 0 Å². The fourth-order valence-electron chi connectivity index (χ4n) is 2.13. The summed E-state index contributed by atoms with van der Waals surface area (Å²) < 4.78 is 0. The molecule has 0 spiro atoms. The Bertz CT molecular complexity index is 486. The van der Waals surface area contributed by atoms with E-state index in [0.29, 0.717) is 6.04 Å². The van der Waals surface area contributed by atoms with E-state index >= 15 is 0 Å². The molecule has 108 valence electrons. The lowest BCUT2D eigenvalue weighted by atomic mass is 10.1. The molecule has 2 rings (SSSR count). The normalized spacial score (nSPS) is 17.4. The summed E-state index contributed by atoms with van der Waals surface area (Å²) in [5, 5.41) is 0. The average Bonchev–Trinajstić information content (AvgIpc) is 2.45. The molecule has 0 aliphatic carbocycles. The number of hydrogen-bond acceptors (Lipinski definition) is 2. The molecule has 1 aliphatic rings. The first-order valence-electron chi connectivity index (χ1n) is 6.77. The summed E-state index contributed by atoms with van der Waals surface area (Å²) in [6.07, 6.45) is 13.0.